The zero-order valence-electron chi connectivity index (χ0n) is 15.9. The second kappa shape index (κ2) is 9.19. The monoisotopic (exact) mass is 439 g/mol. The van der Waals surface area contributed by atoms with Crippen molar-refractivity contribution in [3.8, 4) is 0 Å². The highest BCUT2D eigenvalue weighted by molar-refractivity contribution is 7.99. The van der Waals surface area contributed by atoms with Crippen molar-refractivity contribution in [2.75, 3.05) is 23.4 Å². The molecule has 1 aliphatic heterocycles. The van der Waals surface area contributed by atoms with E-state index >= 15 is 0 Å². The number of anilines is 3. The number of hydrogen-bond acceptors (Lipinski definition) is 6. The number of aromatic nitrogens is 1. The number of fused-ring (bicyclic) bond motifs is 2. The fourth-order valence-corrected chi connectivity index (χ4v) is 4.37. The summed E-state index contributed by atoms with van der Waals surface area (Å²) in [5.41, 5.74) is 2.48. The molecule has 30 heavy (non-hydrogen) atoms. The molecule has 0 saturated carbocycles. The predicted octanol–water partition coefficient (Wildman–Crippen LogP) is 4.91. The number of ether oxygens (including phenoxy) is 1. The summed E-state index contributed by atoms with van der Waals surface area (Å²) >= 11 is 7.62. The molecule has 0 bridgehead atoms. The third kappa shape index (κ3) is 4.58. The van der Waals surface area contributed by atoms with E-state index in [0.29, 0.717) is 12.2 Å². The third-order valence-electron chi connectivity index (χ3n) is 4.47. The summed E-state index contributed by atoms with van der Waals surface area (Å²) in [7, 11) is 0. The highest BCUT2D eigenvalue weighted by Crippen LogP contribution is 2.47. The number of halogens is 1. The van der Waals surface area contributed by atoms with Gasteiger partial charge in [0.1, 0.15) is 0 Å². The number of pyridine rings is 1. The molecule has 0 fully saturated rings. The van der Waals surface area contributed by atoms with Crippen LogP contribution in [0.25, 0.3) is 0 Å². The largest absolute Gasteiger partial charge is 0.456 e. The first-order valence-electron chi connectivity index (χ1n) is 9.31. The first kappa shape index (κ1) is 20.3. The smallest absolute Gasteiger partial charge is 0.308 e. The lowest BCUT2D eigenvalue weighted by Crippen LogP contribution is -2.26. The second-order valence-electron chi connectivity index (χ2n) is 6.49. The van der Waals surface area contributed by atoms with Crippen molar-refractivity contribution < 1.29 is 14.3 Å². The molecule has 0 spiro atoms. The maximum absolute atomic E-state index is 12.3. The highest BCUT2D eigenvalue weighted by Gasteiger charge is 2.23. The third-order valence-corrected chi connectivity index (χ3v) is 5.90. The molecule has 2 heterocycles. The summed E-state index contributed by atoms with van der Waals surface area (Å²) in [6.07, 6.45) is 1.67. The van der Waals surface area contributed by atoms with E-state index < -0.39 is 11.9 Å². The topological polar surface area (TPSA) is 71.5 Å². The second-order valence-corrected chi connectivity index (χ2v) is 7.93. The van der Waals surface area contributed by atoms with E-state index in [1.54, 1.807) is 23.9 Å². The van der Waals surface area contributed by atoms with Gasteiger partial charge in [0, 0.05) is 22.5 Å². The molecule has 6 nitrogen and oxygen atoms in total. The fraction of sp³-hybridized carbons (Fsp3) is 0.136. The molecule has 0 atom stereocenters. The van der Waals surface area contributed by atoms with Gasteiger partial charge in [0.25, 0.3) is 5.91 Å². The van der Waals surface area contributed by atoms with Gasteiger partial charge in [0.2, 0.25) is 0 Å². The van der Waals surface area contributed by atoms with Crippen LogP contribution in [0.1, 0.15) is 6.42 Å². The van der Waals surface area contributed by atoms with Crippen LogP contribution in [0.2, 0.25) is 5.15 Å². The van der Waals surface area contributed by atoms with E-state index in [-0.39, 0.29) is 18.2 Å². The van der Waals surface area contributed by atoms with Gasteiger partial charge in [-0.2, -0.15) is 0 Å². The zero-order valence-corrected chi connectivity index (χ0v) is 17.4. The van der Waals surface area contributed by atoms with Gasteiger partial charge in [-0.3, -0.25) is 9.59 Å². The number of hydrogen-bond donors (Lipinski definition) is 1. The van der Waals surface area contributed by atoms with Crippen molar-refractivity contribution in [1.29, 1.82) is 0 Å². The van der Waals surface area contributed by atoms with E-state index in [0.717, 1.165) is 21.2 Å². The number of nitrogens with one attached hydrogen (secondary N) is 1. The van der Waals surface area contributed by atoms with Gasteiger partial charge in [-0.05, 0) is 36.4 Å². The van der Waals surface area contributed by atoms with Gasteiger partial charge in [-0.25, -0.2) is 4.98 Å². The van der Waals surface area contributed by atoms with Crippen molar-refractivity contribution in [2.24, 2.45) is 0 Å². The SMILES string of the molecule is O=C(COC(=O)CCN1c2ccccc2Sc2ccccc21)Nc1cccnc1Cl. The molecule has 1 N–H and O–H groups in total. The number of esters is 1. The maximum Gasteiger partial charge on any atom is 0.308 e. The summed E-state index contributed by atoms with van der Waals surface area (Å²) < 4.78 is 5.14. The number of benzene rings is 2. The number of rotatable bonds is 6. The summed E-state index contributed by atoms with van der Waals surface area (Å²) in [4.78, 5) is 32.5. The molecule has 1 aliphatic rings. The van der Waals surface area contributed by atoms with Crippen molar-refractivity contribution in [3.05, 3.63) is 72.0 Å². The molecule has 152 valence electrons. The number of para-hydroxylation sites is 2. The first-order valence-corrected chi connectivity index (χ1v) is 10.5. The Kier molecular flexibility index (Phi) is 6.21. The molecule has 0 radical (unpaired) electrons. The van der Waals surface area contributed by atoms with E-state index in [2.05, 4.69) is 27.3 Å². The van der Waals surface area contributed by atoms with Crippen LogP contribution in [0.15, 0.2) is 76.7 Å². The normalized spacial score (nSPS) is 12.0. The van der Waals surface area contributed by atoms with Crippen molar-refractivity contribution >= 4 is 52.3 Å². The molecule has 1 amide bonds. The molecule has 4 rings (SSSR count). The predicted molar refractivity (Wildman–Crippen MR) is 117 cm³/mol. The highest BCUT2D eigenvalue weighted by atomic mass is 35.5. The fourth-order valence-electron chi connectivity index (χ4n) is 3.11. The summed E-state index contributed by atoms with van der Waals surface area (Å²) in [5.74, 6) is -0.918. The Bertz CT molecular complexity index is 1050. The van der Waals surface area contributed by atoms with Gasteiger partial charge in [-0.1, -0.05) is 47.6 Å². The van der Waals surface area contributed by atoms with Crippen LogP contribution in [0.3, 0.4) is 0 Å². The maximum atomic E-state index is 12.3. The van der Waals surface area contributed by atoms with Gasteiger partial charge in [0.05, 0.1) is 23.5 Å². The molecular weight excluding hydrogens is 422 g/mol. The van der Waals surface area contributed by atoms with Gasteiger partial charge >= 0.3 is 5.97 Å². The minimum atomic E-state index is -0.469. The minimum Gasteiger partial charge on any atom is -0.456 e. The lowest BCUT2D eigenvalue weighted by Gasteiger charge is -2.32. The molecule has 0 unspecified atom stereocenters. The molecule has 2 aromatic carbocycles. The Balaban J connectivity index is 1.35. The van der Waals surface area contributed by atoms with Gasteiger partial charge in [0.15, 0.2) is 11.8 Å². The first-order chi connectivity index (χ1) is 14.6. The number of amides is 1. The van der Waals surface area contributed by atoms with Crippen LogP contribution in [-0.4, -0.2) is 30.0 Å². The van der Waals surface area contributed by atoms with Crippen molar-refractivity contribution in [2.45, 2.75) is 16.2 Å². The Morgan fingerprint density at radius 1 is 1.00 bits per heavy atom. The van der Waals surface area contributed by atoms with Crippen LogP contribution in [0, 0.1) is 0 Å². The summed E-state index contributed by atoms with van der Waals surface area (Å²) in [6.45, 7) is 0.0660. The van der Waals surface area contributed by atoms with E-state index in [4.69, 9.17) is 16.3 Å². The Morgan fingerprint density at radius 3 is 2.33 bits per heavy atom. The van der Waals surface area contributed by atoms with Crippen LogP contribution >= 0.6 is 23.4 Å². The Labute approximate surface area is 183 Å². The number of carbonyl (C=O) groups is 2. The minimum absolute atomic E-state index is 0.147. The molecule has 8 heteroatoms. The van der Waals surface area contributed by atoms with E-state index in [1.807, 2.05) is 36.4 Å². The summed E-state index contributed by atoms with van der Waals surface area (Å²) in [6, 6.07) is 19.4. The number of carbonyl (C=O) groups excluding carboxylic acids is 2. The molecular formula is C22H18ClN3O3S. The number of nitrogens with zero attached hydrogens (tertiary/aromatic N) is 2. The van der Waals surface area contributed by atoms with Crippen LogP contribution in [-0.2, 0) is 14.3 Å². The van der Waals surface area contributed by atoms with Crippen LogP contribution in [0.4, 0.5) is 17.1 Å². The Morgan fingerprint density at radius 2 is 1.67 bits per heavy atom. The van der Waals surface area contributed by atoms with Crippen LogP contribution in [0.5, 0.6) is 0 Å². The molecule has 3 aromatic rings. The summed E-state index contributed by atoms with van der Waals surface area (Å²) in [5, 5.41) is 2.75. The average molecular weight is 440 g/mol. The van der Waals surface area contributed by atoms with Crippen LogP contribution < -0.4 is 10.2 Å². The lowest BCUT2D eigenvalue weighted by atomic mass is 10.2. The van der Waals surface area contributed by atoms with Gasteiger partial charge < -0.3 is 15.0 Å². The Hall–Kier alpha value is -3.03. The molecule has 0 saturated heterocycles. The lowest BCUT2D eigenvalue weighted by molar-refractivity contribution is -0.147. The van der Waals surface area contributed by atoms with E-state index in [9.17, 15) is 9.59 Å². The van der Waals surface area contributed by atoms with E-state index in [1.165, 1.54) is 6.20 Å². The zero-order chi connectivity index (χ0) is 20.9. The molecule has 1 aromatic heterocycles. The van der Waals surface area contributed by atoms with Gasteiger partial charge in [-0.15, -0.1) is 0 Å². The van der Waals surface area contributed by atoms with Crippen molar-refractivity contribution in [1.82, 2.24) is 4.98 Å². The standard InChI is InChI=1S/C22H18ClN3O3S/c23-22-15(6-5-12-24-22)25-20(27)14-29-21(28)11-13-26-16-7-1-3-9-18(16)30-19-10-4-2-8-17(19)26/h1-10,12H,11,13-14H2,(H,25,27). The van der Waals surface area contributed by atoms with Crippen molar-refractivity contribution in [3.63, 3.8) is 0 Å². The average Bonchev–Trinajstić information content (AvgIpc) is 2.76. The molecule has 0 aliphatic carbocycles. The quantitative estimate of drug-likeness (QED) is 0.434.